The Balaban J connectivity index is 3.27. The standard InChI is InChI=1S/C7H10N2O3/c1-9-6(11)5(2-3-10)4-8-7(9)12/h4,10H,2-3H2,1H3,(H,8,12). The zero-order chi connectivity index (χ0) is 9.14. The zero-order valence-corrected chi connectivity index (χ0v) is 6.70. The Hall–Kier alpha value is -1.36. The van der Waals surface area contributed by atoms with Gasteiger partial charge >= 0.3 is 5.69 Å². The minimum absolute atomic E-state index is 0.0959. The summed E-state index contributed by atoms with van der Waals surface area (Å²) in [5, 5.41) is 8.56. The van der Waals surface area contributed by atoms with Crippen LogP contribution in [0, 0.1) is 0 Å². The molecule has 5 heteroatoms. The number of aromatic amines is 1. The average molecular weight is 170 g/mol. The molecular formula is C7H10N2O3. The van der Waals surface area contributed by atoms with Crippen molar-refractivity contribution in [2.45, 2.75) is 6.42 Å². The highest BCUT2D eigenvalue weighted by molar-refractivity contribution is 5.04. The van der Waals surface area contributed by atoms with Crippen molar-refractivity contribution >= 4 is 0 Å². The number of aliphatic hydroxyl groups excluding tert-OH is 1. The molecule has 0 spiro atoms. The van der Waals surface area contributed by atoms with Crippen LogP contribution in [0.3, 0.4) is 0 Å². The normalized spacial score (nSPS) is 10.2. The van der Waals surface area contributed by atoms with Crippen LogP contribution in [0.5, 0.6) is 0 Å². The topological polar surface area (TPSA) is 75.1 Å². The molecule has 12 heavy (non-hydrogen) atoms. The van der Waals surface area contributed by atoms with Crippen LogP contribution in [0.2, 0.25) is 0 Å². The van der Waals surface area contributed by atoms with Crippen molar-refractivity contribution in [2.24, 2.45) is 7.05 Å². The molecule has 1 heterocycles. The second-order valence-electron chi connectivity index (χ2n) is 2.46. The molecule has 0 atom stereocenters. The minimum Gasteiger partial charge on any atom is -0.396 e. The lowest BCUT2D eigenvalue weighted by atomic mass is 10.2. The third kappa shape index (κ3) is 1.45. The van der Waals surface area contributed by atoms with Gasteiger partial charge in [-0.15, -0.1) is 0 Å². The maximum absolute atomic E-state index is 11.2. The Labute approximate surface area is 68.3 Å². The van der Waals surface area contributed by atoms with Gasteiger partial charge in [-0.05, 0) is 0 Å². The summed E-state index contributed by atoms with van der Waals surface area (Å²) in [4.78, 5) is 24.4. The first-order valence-corrected chi connectivity index (χ1v) is 3.55. The summed E-state index contributed by atoms with van der Waals surface area (Å²) in [6.07, 6.45) is 1.60. The van der Waals surface area contributed by atoms with Crippen molar-refractivity contribution in [1.29, 1.82) is 0 Å². The molecule has 0 radical (unpaired) electrons. The van der Waals surface area contributed by atoms with Crippen LogP contribution in [0.15, 0.2) is 15.8 Å². The molecule has 1 aromatic heterocycles. The summed E-state index contributed by atoms with van der Waals surface area (Å²) in [6, 6.07) is 0. The second kappa shape index (κ2) is 3.36. The van der Waals surface area contributed by atoms with E-state index in [1.54, 1.807) is 0 Å². The van der Waals surface area contributed by atoms with E-state index in [1.807, 2.05) is 0 Å². The van der Waals surface area contributed by atoms with E-state index in [1.165, 1.54) is 13.2 Å². The predicted octanol–water partition coefficient (Wildman–Crippen LogP) is -1.39. The van der Waals surface area contributed by atoms with E-state index in [2.05, 4.69) is 4.98 Å². The molecule has 66 valence electrons. The number of nitrogens with one attached hydrogen (secondary N) is 1. The van der Waals surface area contributed by atoms with Gasteiger partial charge in [0, 0.05) is 31.8 Å². The summed E-state index contributed by atoms with van der Waals surface area (Å²) < 4.78 is 0.977. The van der Waals surface area contributed by atoms with Gasteiger partial charge in [0.1, 0.15) is 0 Å². The number of H-pyrrole nitrogens is 1. The van der Waals surface area contributed by atoms with Crippen molar-refractivity contribution in [3.05, 3.63) is 32.6 Å². The van der Waals surface area contributed by atoms with E-state index in [9.17, 15) is 9.59 Å². The first-order valence-electron chi connectivity index (χ1n) is 3.55. The van der Waals surface area contributed by atoms with Crippen LogP contribution in [-0.4, -0.2) is 21.3 Å². The van der Waals surface area contributed by atoms with Gasteiger partial charge < -0.3 is 10.1 Å². The molecule has 0 aliphatic heterocycles. The number of rotatable bonds is 2. The van der Waals surface area contributed by atoms with E-state index in [0.717, 1.165) is 4.57 Å². The van der Waals surface area contributed by atoms with Crippen molar-refractivity contribution in [3.63, 3.8) is 0 Å². The Morgan fingerprint density at radius 2 is 2.25 bits per heavy atom. The summed E-state index contributed by atoms with van der Waals surface area (Å²) >= 11 is 0. The van der Waals surface area contributed by atoms with Crippen LogP contribution in [0.25, 0.3) is 0 Å². The highest BCUT2D eigenvalue weighted by Crippen LogP contribution is 1.85. The van der Waals surface area contributed by atoms with Crippen LogP contribution in [-0.2, 0) is 13.5 Å². The van der Waals surface area contributed by atoms with Gasteiger partial charge in [-0.2, -0.15) is 0 Å². The van der Waals surface area contributed by atoms with Crippen molar-refractivity contribution in [2.75, 3.05) is 6.61 Å². The maximum Gasteiger partial charge on any atom is 0.328 e. The van der Waals surface area contributed by atoms with Gasteiger partial charge in [0.25, 0.3) is 5.56 Å². The van der Waals surface area contributed by atoms with Gasteiger partial charge in [-0.1, -0.05) is 0 Å². The Morgan fingerprint density at radius 1 is 1.58 bits per heavy atom. The van der Waals surface area contributed by atoms with Gasteiger partial charge in [0.15, 0.2) is 0 Å². The minimum atomic E-state index is -0.443. The highest BCUT2D eigenvalue weighted by atomic mass is 16.3. The van der Waals surface area contributed by atoms with Crippen LogP contribution < -0.4 is 11.2 Å². The van der Waals surface area contributed by atoms with E-state index >= 15 is 0 Å². The summed E-state index contributed by atoms with van der Waals surface area (Å²) in [5.41, 5.74) is -0.380. The first kappa shape index (κ1) is 8.73. The quantitative estimate of drug-likeness (QED) is 0.573. The first-order chi connectivity index (χ1) is 5.66. The largest absolute Gasteiger partial charge is 0.396 e. The van der Waals surface area contributed by atoms with Crippen molar-refractivity contribution < 1.29 is 5.11 Å². The molecule has 1 aromatic rings. The van der Waals surface area contributed by atoms with Crippen molar-refractivity contribution in [1.82, 2.24) is 9.55 Å². The lowest BCUT2D eigenvalue weighted by molar-refractivity contribution is 0.298. The van der Waals surface area contributed by atoms with Crippen LogP contribution >= 0.6 is 0 Å². The van der Waals surface area contributed by atoms with Crippen LogP contribution in [0.4, 0.5) is 0 Å². The maximum atomic E-state index is 11.2. The predicted molar refractivity (Wildman–Crippen MR) is 43.1 cm³/mol. The molecule has 0 saturated carbocycles. The Morgan fingerprint density at radius 3 is 2.83 bits per heavy atom. The molecule has 0 aromatic carbocycles. The number of hydrogen-bond acceptors (Lipinski definition) is 3. The Bertz CT molecular complexity index is 377. The van der Waals surface area contributed by atoms with E-state index in [4.69, 9.17) is 5.11 Å². The summed E-state index contributed by atoms with van der Waals surface area (Å²) in [6.45, 7) is -0.0959. The molecule has 0 bridgehead atoms. The summed E-state index contributed by atoms with van der Waals surface area (Å²) in [7, 11) is 1.39. The van der Waals surface area contributed by atoms with Gasteiger partial charge in [0.05, 0.1) is 0 Å². The number of aliphatic hydroxyl groups is 1. The number of hydrogen-bond donors (Lipinski definition) is 2. The van der Waals surface area contributed by atoms with Gasteiger partial charge in [0.2, 0.25) is 0 Å². The molecule has 2 N–H and O–H groups in total. The molecule has 0 unspecified atom stereocenters. The zero-order valence-electron chi connectivity index (χ0n) is 6.70. The molecule has 0 fully saturated rings. The number of nitrogens with zero attached hydrogens (tertiary/aromatic N) is 1. The van der Waals surface area contributed by atoms with Gasteiger partial charge in [-0.25, -0.2) is 4.79 Å². The average Bonchev–Trinajstić information content (AvgIpc) is 2.07. The lowest BCUT2D eigenvalue weighted by Crippen LogP contribution is -2.34. The summed E-state index contributed by atoms with van der Waals surface area (Å²) in [5.74, 6) is 0. The van der Waals surface area contributed by atoms with Gasteiger partial charge in [-0.3, -0.25) is 9.36 Å². The smallest absolute Gasteiger partial charge is 0.328 e. The van der Waals surface area contributed by atoms with Crippen LogP contribution in [0.1, 0.15) is 5.56 Å². The molecule has 0 saturated heterocycles. The molecule has 1 rings (SSSR count). The molecule has 0 aliphatic rings. The lowest BCUT2D eigenvalue weighted by Gasteiger charge is -1.98. The fourth-order valence-corrected chi connectivity index (χ4v) is 0.915. The fraction of sp³-hybridized carbons (Fsp3) is 0.429. The molecule has 0 amide bonds. The SMILES string of the molecule is Cn1c(=O)[nH]cc(CCO)c1=O. The van der Waals surface area contributed by atoms with E-state index < -0.39 is 5.69 Å². The molecular weight excluding hydrogens is 160 g/mol. The highest BCUT2D eigenvalue weighted by Gasteiger charge is 2.01. The third-order valence-corrected chi connectivity index (χ3v) is 1.63. The monoisotopic (exact) mass is 170 g/mol. The number of aromatic nitrogens is 2. The van der Waals surface area contributed by atoms with E-state index in [0.29, 0.717) is 5.56 Å². The fourth-order valence-electron chi connectivity index (χ4n) is 0.915. The third-order valence-electron chi connectivity index (χ3n) is 1.63. The van der Waals surface area contributed by atoms with Crippen molar-refractivity contribution in [3.8, 4) is 0 Å². The molecule has 5 nitrogen and oxygen atoms in total. The molecule has 0 aliphatic carbocycles. The van der Waals surface area contributed by atoms with E-state index in [-0.39, 0.29) is 18.6 Å². The second-order valence-corrected chi connectivity index (χ2v) is 2.46. The Kier molecular flexibility index (Phi) is 2.44.